The number of carbonyl (C=O) groups excluding carboxylic acids is 1. The summed E-state index contributed by atoms with van der Waals surface area (Å²) in [4.78, 5) is 15.8. The van der Waals surface area contributed by atoms with Gasteiger partial charge in [0, 0.05) is 59.2 Å². The van der Waals surface area contributed by atoms with Crippen LogP contribution in [0.2, 0.25) is 0 Å². The van der Waals surface area contributed by atoms with Crippen LogP contribution < -0.4 is 4.74 Å². The Bertz CT molecular complexity index is 719. The van der Waals surface area contributed by atoms with E-state index in [-0.39, 0.29) is 19.1 Å². The molecule has 0 unspecified atom stereocenters. The van der Waals surface area contributed by atoms with Gasteiger partial charge in [0.25, 0.3) is 0 Å². The van der Waals surface area contributed by atoms with E-state index in [0.29, 0.717) is 58.0 Å². The van der Waals surface area contributed by atoms with Crippen LogP contribution in [-0.4, -0.2) is 89.7 Å². The summed E-state index contributed by atoms with van der Waals surface area (Å²) in [6.45, 7) is 8.89. The summed E-state index contributed by atoms with van der Waals surface area (Å²) in [7, 11) is 0. The normalized spacial score (nSPS) is 25.5. The van der Waals surface area contributed by atoms with Crippen molar-refractivity contribution < 1.29 is 24.5 Å². The molecular weight excluding hydrogens is 372 g/mol. The van der Waals surface area contributed by atoms with Crippen molar-refractivity contribution in [1.82, 2.24) is 9.80 Å². The summed E-state index contributed by atoms with van der Waals surface area (Å²) in [6.07, 6.45) is 1.16. The highest BCUT2D eigenvalue weighted by Crippen LogP contribution is 2.25. The second-order valence-electron chi connectivity index (χ2n) is 8.75. The Morgan fingerprint density at radius 2 is 1.83 bits per heavy atom. The Hall–Kier alpha value is -1.67. The average molecular weight is 407 g/mol. The largest absolute Gasteiger partial charge is 0.490 e. The molecule has 2 N–H and O–H groups in total. The van der Waals surface area contributed by atoms with Crippen LogP contribution in [0.15, 0.2) is 18.2 Å². The first-order valence-electron chi connectivity index (χ1n) is 10.4. The van der Waals surface area contributed by atoms with Crippen LogP contribution in [-0.2, 0) is 9.53 Å². The number of aliphatic hydroxyl groups is 2. The zero-order valence-corrected chi connectivity index (χ0v) is 17.8. The number of hydrogen-bond donors (Lipinski definition) is 2. The van der Waals surface area contributed by atoms with Crippen LogP contribution >= 0.6 is 0 Å². The van der Waals surface area contributed by atoms with Gasteiger partial charge in [-0.05, 0) is 37.1 Å². The lowest BCUT2D eigenvalue weighted by Crippen LogP contribution is -2.54. The molecular formula is C22H34N2O5. The summed E-state index contributed by atoms with van der Waals surface area (Å²) in [6, 6.07) is 5.85. The highest BCUT2D eigenvalue weighted by atomic mass is 16.5. The Morgan fingerprint density at radius 3 is 2.48 bits per heavy atom. The number of aryl methyl sites for hydroxylation is 2. The van der Waals surface area contributed by atoms with Gasteiger partial charge in [-0.3, -0.25) is 9.69 Å². The molecule has 1 atom stereocenters. The molecule has 0 saturated carbocycles. The summed E-state index contributed by atoms with van der Waals surface area (Å²) in [5.41, 5.74) is 0.273. The first-order valence-corrected chi connectivity index (χ1v) is 10.4. The summed E-state index contributed by atoms with van der Waals surface area (Å²) >= 11 is 0. The molecule has 1 aromatic carbocycles. The molecule has 2 aliphatic heterocycles. The van der Waals surface area contributed by atoms with E-state index in [9.17, 15) is 15.0 Å². The molecule has 0 aromatic heterocycles. The van der Waals surface area contributed by atoms with Crippen molar-refractivity contribution in [2.24, 2.45) is 0 Å². The van der Waals surface area contributed by atoms with E-state index in [2.05, 4.69) is 4.90 Å². The predicted octanol–water partition coefficient (Wildman–Crippen LogP) is 1.12. The maximum Gasteiger partial charge on any atom is 0.219 e. The van der Waals surface area contributed by atoms with E-state index >= 15 is 0 Å². The first kappa shape index (κ1) is 22.0. The topological polar surface area (TPSA) is 82.5 Å². The lowest BCUT2D eigenvalue weighted by atomic mass is 9.93. The van der Waals surface area contributed by atoms with Crippen molar-refractivity contribution >= 4 is 5.91 Å². The van der Waals surface area contributed by atoms with Crippen LogP contribution in [0, 0.1) is 13.8 Å². The SMILES string of the molecule is CC(=O)N1CCN(CC2(O)CCOCC2)C[C@@](O)(COc2ccc(C)c(C)c2)C1. The molecule has 2 fully saturated rings. The Morgan fingerprint density at radius 1 is 1.10 bits per heavy atom. The molecule has 0 spiro atoms. The summed E-state index contributed by atoms with van der Waals surface area (Å²) in [5, 5.41) is 22.3. The van der Waals surface area contributed by atoms with Crippen molar-refractivity contribution in [2.75, 3.05) is 52.5 Å². The molecule has 29 heavy (non-hydrogen) atoms. The highest BCUT2D eigenvalue weighted by Gasteiger charge is 2.40. The Balaban J connectivity index is 1.71. The number of benzene rings is 1. The van der Waals surface area contributed by atoms with Crippen molar-refractivity contribution in [3.63, 3.8) is 0 Å². The molecule has 3 rings (SSSR count). The van der Waals surface area contributed by atoms with E-state index in [1.807, 2.05) is 32.0 Å². The van der Waals surface area contributed by atoms with Gasteiger partial charge >= 0.3 is 0 Å². The van der Waals surface area contributed by atoms with Crippen LogP contribution in [0.1, 0.15) is 30.9 Å². The minimum Gasteiger partial charge on any atom is -0.490 e. The molecule has 0 bridgehead atoms. The van der Waals surface area contributed by atoms with Gasteiger partial charge in [0.1, 0.15) is 18.0 Å². The van der Waals surface area contributed by atoms with Gasteiger partial charge in [-0.1, -0.05) is 6.07 Å². The predicted molar refractivity (Wildman–Crippen MR) is 110 cm³/mol. The summed E-state index contributed by atoms with van der Waals surface area (Å²) < 4.78 is 11.3. The smallest absolute Gasteiger partial charge is 0.219 e. The van der Waals surface area contributed by atoms with Gasteiger partial charge in [-0.25, -0.2) is 0 Å². The van der Waals surface area contributed by atoms with E-state index in [1.165, 1.54) is 12.5 Å². The van der Waals surface area contributed by atoms with Crippen molar-refractivity contribution in [3.05, 3.63) is 29.3 Å². The second-order valence-corrected chi connectivity index (χ2v) is 8.75. The highest BCUT2D eigenvalue weighted by molar-refractivity contribution is 5.73. The molecule has 0 radical (unpaired) electrons. The van der Waals surface area contributed by atoms with Gasteiger partial charge in [0.15, 0.2) is 0 Å². The number of amides is 1. The molecule has 7 nitrogen and oxygen atoms in total. The van der Waals surface area contributed by atoms with Gasteiger partial charge in [0.05, 0.1) is 12.1 Å². The van der Waals surface area contributed by atoms with Crippen LogP contribution in [0.25, 0.3) is 0 Å². The van der Waals surface area contributed by atoms with Gasteiger partial charge in [-0.15, -0.1) is 0 Å². The van der Waals surface area contributed by atoms with Crippen molar-refractivity contribution in [1.29, 1.82) is 0 Å². The molecule has 2 aliphatic rings. The lowest BCUT2D eigenvalue weighted by Gasteiger charge is -2.38. The van der Waals surface area contributed by atoms with E-state index in [4.69, 9.17) is 9.47 Å². The van der Waals surface area contributed by atoms with E-state index < -0.39 is 11.2 Å². The first-order chi connectivity index (χ1) is 13.7. The number of carbonyl (C=O) groups is 1. The van der Waals surface area contributed by atoms with Crippen molar-refractivity contribution in [2.45, 2.75) is 44.8 Å². The van der Waals surface area contributed by atoms with Crippen LogP contribution in [0.3, 0.4) is 0 Å². The lowest BCUT2D eigenvalue weighted by molar-refractivity contribution is -0.132. The van der Waals surface area contributed by atoms with Gasteiger partial charge in [0.2, 0.25) is 5.91 Å². The Labute approximate surface area is 173 Å². The monoisotopic (exact) mass is 406 g/mol. The average Bonchev–Trinajstić information content (AvgIpc) is 2.82. The fraction of sp³-hybridized carbons (Fsp3) is 0.682. The minimum atomic E-state index is -1.22. The molecule has 162 valence electrons. The molecule has 7 heteroatoms. The zero-order chi connectivity index (χ0) is 21.1. The molecule has 1 amide bonds. The third-order valence-electron chi connectivity index (χ3n) is 6.06. The van der Waals surface area contributed by atoms with Crippen molar-refractivity contribution in [3.8, 4) is 5.75 Å². The number of β-amino-alcohol motifs (C(OH)–C–C–N with tert-alkyl or cyclic N) is 2. The third-order valence-corrected chi connectivity index (χ3v) is 6.06. The van der Waals surface area contributed by atoms with Crippen LogP contribution in [0.4, 0.5) is 0 Å². The van der Waals surface area contributed by atoms with Crippen LogP contribution in [0.5, 0.6) is 5.75 Å². The maximum absolute atomic E-state index is 12.0. The fourth-order valence-corrected chi connectivity index (χ4v) is 4.08. The Kier molecular flexibility index (Phi) is 6.83. The third kappa shape index (κ3) is 5.92. The molecule has 2 saturated heterocycles. The fourth-order valence-electron chi connectivity index (χ4n) is 4.08. The summed E-state index contributed by atoms with van der Waals surface area (Å²) in [5.74, 6) is 0.635. The van der Waals surface area contributed by atoms with Gasteiger partial charge < -0.3 is 24.6 Å². The second kappa shape index (κ2) is 9.00. The molecule has 0 aliphatic carbocycles. The molecule has 2 heterocycles. The standard InChI is InChI=1S/C22H34N2O5/c1-17-4-5-20(12-18(17)2)29-16-22(27)14-23(8-9-24(15-22)19(3)25)13-21(26)6-10-28-11-7-21/h4-5,12,26-27H,6-11,13-16H2,1-3H3/t22-/m0/s1. The quantitative estimate of drug-likeness (QED) is 0.763. The number of hydrogen-bond acceptors (Lipinski definition) is 6. The zero-order valence-electron chi connectivity index (χ0n) is 17.8. The van der Waals surface area contributed by atoms with Gasteiger partial charge in [-0.2, -0.15) is 0 Å². The number of rotatable bonds is 5. The minimum absolute atomic E-state index is 0.0683. The number of nitrogens with zero attached hydrogens (tertiary/aromatic N) is 2. The maximum atomic E-state index is 12.0. The van der Waals surface area contributed by atoms with E-state index in [1.54, 1.807) is 4.90 Å². The van der Waals surface area contributed by atoms with E-state index in [0.717, 1.165) is 5.56 Å². The molecule has 1 aromatic rings. The number of ether oxygens (including phenoxy) is 2.